The zero-order chi connectivity index (χ0) is 17.4. The Hall–Kier alpha value is -3.03. The summed E-state index contributed by atoms with van der Waals surface area (Å²) >= 11 is 0. The van der Waals surface area contributed by atoms with E-state index in [0.717, 1.165) is 4.90 Å². The molecule has 0 aromatic heterocycles. The second-order valence-corrected chi connectivity index (χ2v) is 5.42. The molecular formula is C16H15N3O5. The van der Waals surface area contributed by atoms with E-state index in [-0.39, 0.29) is 23.8 Å². The Bertz CT molecular complexity index is 786. The molecule has 0 unspecified atom stereocenters. The standard InChI is InChI=1S/C16H15N3O5/c1-3-24-16(23)13-11-12(17-18-13)15(22)19(14(11)21)10-6-4-5-9(7-10)8(2)20/h4-7,11-12,17H,3H2,1-2H3/t11-,12-/m0/s1. The summed E-state index contributed by atoms with van der Waals surface area (Å²) in [6, 6.07) is 5.29. The molecule has 0 saturated carbocycles. The van der Waals surface area contributed by atoms with E-state index in [1.54, 1.807) is 25.1 Å². The van der Waals surface area contributed by atoms with Gasteiger partial charge in [0.05, 0.1) is 12.3 Å². The van der Waals surface area contributed by atoms with E-state index in [2.05, 4.69) is 10.5 Å². The number of hydrogen-bond donors (Lipinski definition) is 1. The van der Waals surface area contributed by atoms with Crippen molar-refractivity contribution in [3.05, 3.63) is 29.8 Å². The molecule has 24 heavy (non-hydrogen) atoms. The van der Waals surface area contributed by atoms with Crippen molar-refractivity contribution in [2.24, 2.45) is 11.0 Å². The fourth-order valence-corrected chi connectivity index (χ4v) is 2.78. The van der Waals surface area contributed by atoms with Crippen molar-refractivity contribution >= 4 is 35.0 Å². The number of nitrogens with one attached hydrogen (secondary N) is 1. The van der Waals surface area contributed by atoms with Gasteiger partial charge < -0.3 is 4.74 Å². The number of carbonyl (C=O) groups is 4. The van der Waals surface area contributed by atoms with E-state index in [9.17, 15) is 19.2 Å². The third kappa shape index (κ3) is 2.36. The number of esters is 1. The number of hydrogen-bond acceptors (Lipinski definition) is 7. The first kappa shape index (κ1) is 15.9. The Morgan fingerprint density at radius 3 is 2.71 bits per heavy atom. The predicted octanol–water partition coefficient (Wildman–Crippen LogP) is 0.269. The zero-order valence-corrected chi connectivity index (χ0v) is 13.1. The molecule has 1 fully saturated rings. The van der Waals surface area contributed by atoms with Crippen LogP contribution in [0.25, 0.3) is 0 Å². The molecule has 1 N–H and O–H groups in total. The molecule has 3 rings (SSSR count). The molecule has 0 spiro atoms. The predicted molar refractivity (Wildman–Crippen MR) is 83.4 cm³/mol. The largest absolute Gasteiger partial charge is 0.461 e. The summed E-state index contributed by atoms with van der Waals surface area (Å²) in [6.45, 7) is 3.18. The van der Waals surface area contributed by atoms with Crippen LogP contribution in [0.2, 0.25) is 0 Å². The second kappa shape index (κ2) is 5.88. The number of carbonyl (C=O) groups excluding carboxylic acids is 4. The smallest absolute Gasteiger partial charge is 0.355 e. The number of imide groups is 1. The van der Waals surface area contributed by atoms with Crippen molar-refractivity contribution in [3.63, 3.8) is 0 Å². The lowest BCUT2D eigenvalue weighted by molar-refractivity contribution is -0.136. The van der Waals surface area contributed by atoms with Crippen LogP contribution in [-0.2, 0) is 19.1 Å². The van der Waals surface area contributed by atoms with Gasteiger partial charge in [0.15, 0.2) is 11.5 Å². The van der Waals surface area contributed by atoms with Gasteiger partial charge in [0, 0.05) is 5.56 Å². The highest BCUT2D eigenvalue weighted by atomic mass is 16.5. The maximum Gasteiger partial charge on any atom is 0.355 e. The lowest BCUT2D eigenvalue weighted by Gasteiger charge is -2.16. The molecule has 1 saturated heterocycles. The van der Waals surface area contributed by atoms with Crippen LogP contribution < -0.4 is 10.3 Å². The topological polar surface area (TPSA) is 105 Å². The molecule has 0 radical (unpaired) electrons. The summed E-state index contributed by atoms with van der Waals surface area (Å²) in [5.41, 5.74) is 3.10. The fourth-order valence-electron chi connectivity index (χ4n) is 2.78. The van der Waals surface area contributed by atoms with Gasteiger partial charge in [-0.25, -0.2) is 9.69 Å². The van der Waals surface area contributed by atoms with E-state index >= 15 is 0 Å². The van der Waals surface area contributed by atoms with Crippen LogP contribution >= 0.6 is 0 Å². The number of fused-ring (bicyclic) bond motifs is 1. The average molecular weight is 329 g/mol. The SMILES string of the molecule is CCOC(=O)C1=NN[C@@H]2C(=O)N(c3cccc(C(C)=O)c3)C(=O)[C@H]12. The van der Waals surface area contributed by atoms with Crippen molar-refractivity contribution in [1.82, 2.24) is 5.43 Å². The molecule has 2 amide bonds. The number of amides is 2. The maximum atomic E-state index is 12.7. The van der Waals surface area contributed by atoms with E-state index in [1.165, 1.54) is 13.0 Å². The molecule has 2 heterocycles. The van der Waals surface area contributed by atoms with Gasteiger partial charge in [-0.15, -0.1) is 0 Å². The molecule has 2 aliphatic heterocycles. The Kier molecular flexibility index (Phi) is 3.88. The number of hydrazone groups is 1. The molecule has 2 aliphatic rings. The number of ether oxygens (including phenoxy) is 1. The Balaban J connectivity index is 1.94. The van der Waals surface area contributed by atoms with Gasteiger partial charge in [-0.1, -0.05) is 12.1 Å². The summed E-state index contributed by atoms with van der Waals surface area (Å²) in [5, 5.41) is 3.78. The summed E-state index contributed by atoms with van der Waals surface area (Å²) in [6.07, 6.45) is 0. The Morgan fingerprint density at radius 2 is 2.04 bits per heavy atom. The third-order valence-electron chi connectivity index (χ3n) is 3.92. The molecular weight excluding hydrogens is 314 g/mol. The average Bonchev–Trinajstić information content (AvgIpc) is 3.09. The first-order valence-electron chi connectivity index (χ1n) is 7.44. The van der Waals surface area contributed by atoms with Gasteiger partial charge in [-0.3, -0.25) is 19.8 Å². The Morgan fingerprint density at radius 1 is 1.29 bits per heavy atom. The number of anilines is 1. The van der Waals surface area contributed by atoms with Crippen LogP contribution in [0.3, 0.4) is 0 Å². The minimum atomic E-state index is -1.02. The number of Topliss-reactive ketones (excluding diaryl/α,β-unsaturated/α-hetero) is 1. The molecule has 1 aromatic rings. The first-order valence-corrected chi connectivity index (χ1v) is 7.44. The molecule has 1 aromatic carbocycles. The van der Waals surface area contributed by atoms with Crippen LogP contribution in [0.1, 0.15) is 24.2 Å². The lowest BCUT2D eigenvalue weighted by Crippen LogP contribution is -2.36. The van der Waals surface area contributed by atoms with E-state index in [4.69, 9.17) is 4.74 Å². The van der Waals surface area contributed by atoms with Crippen molar-refractivity contribution in [3.8, 4) is 0 Å². The molecule has 0 aliphatic carbocycles. The van der Waals surface area contributed by atoms with E-state index in [1.807, 2.05) is 0 Å². The number of rotatable bonds is 4. The number of benzene rings is 1. The molecule has 2 atom stereocenters. The molecule has 8 heteroatoms. The molecule has 0 bridgehead atoms. The van der Waals surface area contributed by atoms with Gasteiger partial charge in [0.25, 0.3) is 5.91 Å². The quantitative estimate of drug-likeness (QED) is 0.483. The summed E-state index contributed by atoms with van der Waals surface area (Å²) in [5.74, 6) is -3.00. The van der Waals surface area contributed by atoms with Crippen molar-refractivity contribution in [2.45, 2.75) is 19.9 Å². The highest BCUT2D eigenvalue weighted by Crippen LogP contribution is 2.31. The van der Waals surface area contributed by atoms with Gasteiger partial charge in [-0.2, -0.15) is 5.10 Å². The van der Waals surface area contributed by atoms with Gasteiger partial charge in [0.1, 0.15) is 12.0 Å². The first-order chi connectivity index (χ1) is 11.5. The highest BCUT2D eigenvalue weighted by Gasteiger charge is 2.55. The third-order valence-corrected chi connectivity index (χ3v) is 3.92. The maximum absolute atomic E-state index is 12.7. The van der Waals surface area contributed by atoms with Gasteiger partial charge in [-0.05, 0) is 26.0 Å². The summed E-state index contributed by atoms with van der Waals surface area (Å²) in [4.78, 5) is 49.6. The molecule has 8 nitrogen and oxygen atoms in total. The fraction of sp³-hybridized carbons (Fsp3) is 0.312. The van der Waals surface area contributed by atoms with Gasteiger partial charge in [0.2, 0.25) is 5.91 Å². The van der Waals surface area contributed by atoms with Gasteiger partial charge >= 0.3 is 5.97 Å². The van der Waals surface area contributed by atoms with Crippen molar-refractivity contribution in [1.29, 1.82) is 0 Å². The minimum absolute atomic E-state index is 0.106. The monoisotopic (exact) mass is 329 g/mol. The van der Waals surface area contributed by atoms with Crippen LogP contribution in [-0.4, -0.2) is 41.9 Å². The summed E-state index contributed by atoms with van der Waals surface area (Å²) < 4.78 is 4.87. The van der Waals surface area contributed by atoms with Crippen LogP contribution in [0.15, 0.2) is 29.4 Å². The lowest BCUT2D eigenvalue weighted by atomic mass is 9.99. The summed E-state index contributed by atoms with van der Waals surface area (Å²) in [7, 11) is 0. The number of nitrogens with zero attached hydrogens (tertiary/aromatic N) is 2. The van der Waals surface area contributed by atoms with E-state index in [0.29, 0.717) is 5.56 Å². The highest BCUT2D eigenvalue weighted by molar-refractivity contribution is 6.46. The molecule has 124 valence electrons. The normalized spacial score (nSPS) is 22.1. The van der Waals surface area contributed by atoms with Crippen molar-refractivity contribution in [2.75, 3.05) is 11.5 Å². The Labute approximate surface area is 137 Å². The van der Waals surface area contributed by atoms with Crippen LogP contribution in [0.5, 0.6) is 0 Å². The van der Waals surface area contributed by atoms with Crippen molar-refractivity contribution < 1.29 is 23.9 Å². The second-order valence-electron chi connectivity index (χ2n) is 5.42. The van der Waals surface area contributed by atoms with Crippen LogP contribution in [0, 0.1) is 5.92 Å². The number of ketones is 1. The van der Waals surface area contributed by atoms with Crippen LogP contribution in [0.4, 0.5) is 5.69 Å². The van der Waals surface area contributed by atoms with E-state index < -0.39 is 29.7 Å². The zero-order valence-electron chi connectivity index (χ0n) is 13.1. The minimum Gasteiger partial charge on any atom is -0.461 e.